The first kappa shape index (κ1) is 46.7. The van der Waals surface area contributed by atoms with Gasteiger partial charge in [-0.15, -0.1) is 0 Å². The van der Waals surface area contributed by atoms with Crippen molar-refractivity contribution in [1.29, 1.82) is 0 Å². The molecule has 0 bridgehead atoms. The predicted octanol–water partition coefficient (Wildman–Crippen LogP) is 17.3. The third-order valence-electron chi connectivity index (χ3n) is 14.5. The van der Waals surface area contributed by atoms with Gasteiger partial charge in [-0.3, -0.25) is 4.98 Å². The molecule has 6 nitrogen and oxygen atoms in total. The summed E-state index contributed by atoms with van der Waals surface area (Å²) in [5.74, 6) is 1.89. The number of fused-ring (bicyclic) bond motifs is 6. The Morgan fingerprint density at radius 3 is 1.01 bits per heavy atom. The van der Waals surface area contributed by atoms with Crippen molar-refractivity contribution in [3.8, 4) is 56.7 Å². The highest BCUT2D eigenvalue weighted by Crippen LogP contribution is 2.43. The lowest BCUT2D eigenvalue weighted by Crippen LogP contribution is -2.17. The minimum Gasteiger partial charge on any atom is -0.309 e. The average molecular weight is 941 g/mol. The van der Waals surface area contributed by atoms with Crippen LogP contribution in [0.2, 0.25) is 0 Å². The third kappa shape index (κ3) is 8.26. The number of hydrogen-bond acceptors (Lipinski definition) is 4. The van der Waals surface area contributed by atoms with Crippen LogP contribution in [0.25, 0.3) is 100 Å². The number of nitrogens with zero attached hydrogens (tertiary/aromatic N) is 6. The highest BCUT2D eigenvalue weighted by molar-refractivity contribution is 6.11. The van der Waals surface area contributed by atoms with E-state index >= 15 is 0 Å². The van der Waals surface area contributed by atoms with Gasteiger partial charge in [0.2, 0.25) is 0 Å². The highest BCUT2D eigenvalue weighted by Gasteiger charge is 2.27. The molecule has 0 aliphatic carbocycles. The van der Waals surface area contributed by atoms with Crippen molar-refractivity contribution in [3.63, 3.8) is 0 Å². The minimum atomic E-state index is -0.104. The second kappa shape index (κ2) is 17.0. The summed E-state index contributed by atoms with van der Waals surface area (Å²) in [5.41, 5.74) is 15.9. The topological polar surface area (TPSA) is 61.4 Å². The standard InChI is InChI=1S/C66H64N6/c1-63(2,3)44-33-42(34-45(38-44)64(4,5)6)61-68-60(69-62(70-61)43-35-46(65(7,8)9)39-47(36-43)66(10,11)12)41-29-30-58(71-54-25-17-13-21-48(54)49-22-14-18-26-55(49)71)52(37-41)53-40-67-32-31-59(53)72-56-27-19-15-23-50(56)51-24-16-20-28-57(51)72/h13-40H,1-12H3. The molecular weight excluding hydrogens is 877 g/mol. The van der Waals surface area contributed by atoms with Crippen LogP contribution < -0.4 is 0 Å². The quantitative estimate of drug-likeness (QED) is 0.167. The molecule has 4 heterocycles. The molecule has 0 amide bonds. The average Bonchev–Trinajstić information content (AvgIpc) is 3.88. The molecule has 72 heavy (non-hydrogen) atoms. The molecule has 0 atom stereocenters. The first-order valence-electron chi connectivity index (χ1n) is 25.4. The largest absolute Gasteiger partial charge is 0.309 e. The molecule has 0 aliphatic rings. The Bertz CT molecular complexity index is 3650. The van der Waals surface area contributed by atoms with E-state index in [0.717, 1.165) is 61.3 Å². The molecular formula is C66H64N6. The minimum absolute atomic E-state index is 0.104. The summed E-state index contributed by atoms with van der Waals surface area (Å²) in [6.45, 7) is 27.3. The maximum Gasteiger partial charge on any atom is 0.164 e. The summed E-state index contributed by atoms with van der Waals surface area (Å²) in [6.07, 6.45) is 3.93. The fourth-order valence-electron chi connectivity index (χ4n) is 10.2. The van der Waals surface area contributed by atoms with E-state index in [1.54, 1.807) is 0 Å². The fourth-order valence-corrected chi connectivity index (χ4v) is 10.2. The van der Waals surface area contributed by atoms with E-state index in [1.165, 1.54) is 43.8 Å². The molecule has 0 radical (unpaired) electrons. The van der Waals surface area contributed by atoms with Gasteiger partial charge < -0.3 is 9.13 Å². The van der Waals surface area contributed by atoms with Crippen molar-refractivity contribution < 1.29 is 0 Å². The Kier molecular flexibility index (Phi) is 11.0. The Balaban J connectivity index is 1.23. The van der Waals surface area contributed by atoms with E-state index in [0.29, 0.717) is 17.5 Å². The number of rotatable bonds is 6. The Labute approximate surface area is 424 Å². The molecule has 358 valence electrons. The van der Waals surface area contributed by atoms with Gasteiger partial charge in [0.1, 0.15) is 0 Å². The summed E-state index contributed by atoms with van der Waals surface area (Å²) in [4.78, 5) is 21.4. The summed E-state index contributed by atoms with van der Waals surface area (Å²) >= 11 is 0. The molecule has 0 unspecified atom stereocenters. The number of para-hydroxylation sites is 4. The molecule has 11 aromatic rings. The van der Waals surface area contributed by atoms with Crippen LogP contribution in [0.4, 0.5) is 0 Å². The van der Waals surface area contributed by atoms with Gasteiger partial charge in [-0.05, 0) is 117 Å². The van der Waals surface area contributed by atoms with E-state index < -0.39 is 0 Å². The van der Waals surface area contributed by atoms with Gasteiger partial charge in [0.15, 0.2) is 17.5 Å². The third-order valence-corrected chi connectivity index (χ3v) is 14.5. The zero-order valence-corrected chi connectivity index (χ0v) is 43.8. The van der Waals surface area contributed by atoms with Crippen molar-refractivity contribution in [1.82, 2.24) is 29.1 Å². The summed E-state index contributed by atoms with van der Waals surface area (Å²) in [5, 5.41) is 4.80. The maximum atomic E-state index is 5.52. The number of benzene rings is 7. The zero-order chi connectivity index (χ0) is 50.5. The van der Waals surface area contributed by atoms with E-state index in [9.17, 15) is 0 Å². The molecule has 6 heteroatoms. The first-order valence-corrected chi connectivity index (χ1v) is 25.4. The number of hydrogen-bond donors (Lipinski definition) is 0. The first-order chi connectivity index (χ1) is 34.2. The van der Waals surface area contributed by atoms with Crippen LogP contribution in [-0.2, 0) is 21.7 Å². The molecule has 0 fully saturated rings. The monoisotopic (exact) mass is 941 g/mol. The van der Waals surface area contributed by atoms with Crippen molar-refractivity contribution in [2.75, 3.05) is 0 Å². The van der Waals surface area contributed by atoms with Crippen molar-refractivity contribution in [2.24, 2.45) is 0 Å². The second-order valence-electron chi connectivity index (χ2n) is 23.8. The van der Waals surface area contributed by atoms with Crippen LogP contribution >= 0.6 is 0 Å². The van der Waals surface area contributed by atoms with Crippen molar-refractivity contribution in [2.45, 2.75) is 105 Å². The SMILES string of the molecule is CC(C)(C)c1cc(-c2nc(-c3cc(C(C)(C)C)cc(C(C)(C)C)c3)nc(-c3ccc(-n4c5ccccc5c5ccccc54)c(-c4cnccc4-n4c5ccccc5c5ccccc54)c3)n2)cc(C(C)(C)C)c1. The maximum absolute atomic E-state index is 5.52. The van der Waals surface area contributed by atoms with Crippen LogP contribution in [0.3, 0.4) is 0 Å². The summed E-state index contributed by atoms with van der Waals surface area (Å²) < 4.78 is 4.81. The molecule has 4 aromatic heterocycles. The van der Waals surface area contributed by atoms with Crippen LogP contribution in [0.15, 0.2) is 170 Å². The van der Waals surface area contributed by atoms with Gasteiger partial charge in [-0.25, -0.2) is 15.0 Å². The van der Waals surface area contributed by atoms with Gasteiger partial charge in [0, 0.05) is 61.8 Å². The zero-order valence-electron chi connectivity index (χ0n) is 43.8. The predicted molar refractivity (Wildman–Crippen MR) is 303 cm³/mol. The van der Waals surface area contributed by atoms with E-state index in [4.69, 9.17) is 19.9 Å². The fraction of sp³-hybridized carbons (Fsp3) is 0.242. The van der Waals surface area contributed by atoms with Gasteiger partial charge in [0.05, 0.1) is 33.4 Å². The van der Waals surface area contributed by atoms with Gasteiger partial charge in [0.25, 0.3) is 0 Å². The summed E-state index contributed by atoms with van der Waals surface area (Å²) in [6, 6.07) is 57.6. The Morgan fingerprint density at radius 2 is 0.653 bits per heavy atom. The normalized spacial score (nSPS) is 12.7. The molecule has 0 saturated heterocycles. The van der Waals surface area contributed by atoms with Crippen LogP contribution in [0.5, 0.6) is 0 Å². The van der Waals surface area contributed by atoms with Crippen molar-refractivity contribution >= 4 is 43.6 Å². The molecule has 0 aliphatic heterocycles. The van der Waals surface area contributed by atoms with E-state index in [1.807, 2.05) is 12.4 Å². The van der Waals surface area contributed by atoms with Gasteiger partial charge in [-0.1, -0.05) is 168 Å². The van der Waals surface area contributed by atoms with E-state index in [-0.39, 0.29) is 21.7 Å². The lowest BCUT2D eigenvalue weighted by molar-refractivity contribution is 0.568. The molecule has 0 spiro atoms. The Morgan fingerprint density at radius 1 is 0.319 bits per heavy atom. The molecule has 11 rings (SSSR count). The van der Waals surface area contributed by atoms with E-state index in [2.05, 4.69) is 250 Å². The van der Waals surface area contributed by atoms with Crippen LogP contribution in [0.1, 0.15) is 105 Å². The smallest absolute Gasteiger partial charge is 0.164 e. The Hall–Kier alpha value is -7.70. The molecule has 0 saturated carbocycles. The lowest BCUT2D eigenvalue weighted by atomic mass is 9.79. The highest BCUT2D eigenvalue weighted by atomic mass is 15.0. The second-order valence-corrected chi connectivity index (χ2v) is 23.8. The van der Waals surface area contributed by atoms with Crippen molar-refractivity contribution in [3.05, 3.63) is 192 Å². The number of aromatic nitrogens is 6. The summed E-state index contributed by atoms with van der Waals surface area (Å²) in [7, 11) is 0. The molecule has 0 N–H and O–H groups in total. The molecule has 7 aromatic carbocycles. The van der Waals surface area contributed by atoms with Crippen LogP contribution in [0, 0.1) is 0 Å². The van der Waals surface area contributed by atoms with Gasteiger partial charge in [-0.2, -0.15) is 0 Å². The lowest BCUT2D eigenvalue weighted by Gasteiger charge is -2.26. The van der Waals surface area contributed by atoms with Crippen LogP contribution in [-0.4, -0.2) is 29.1 Å². The number of pyridine rings is 1. The van der Waals surface area contributed by atoms with Gasteiger partial charge >= 0.3 is 0 Å².